The number of sulfonamides is 1. The Hall–Kier alpha value is -0.690. The summed E-state index contributed by atoms with van der Waals surface area (Å²) in [6.45, 7) is 3.63. The van der Waals surface area contributed by atoms with Gasteiger partial charge >= 0.3 is 0 Å². The van der Waals surface area contributed by atoms with E-state index >= 15 is 0 Å². The molecule has 7 heteroatoms. The standard InChI is InChI=1S/C13H18ClFN2O2S/c1-2-17(10-6-8-16-9-7-10)20(18,19)12-5-3-4-11(14)13(12)15/h3-5,10,16H,2,6-9H2,1H3. The highest BCUT2D eigenvalue weighted by atomic mass is 35.5. The van der Waals surface area contributed by atoms with E-state index in [4.69, 9.17) is 11.6 Å². The van der Waals surface area contributed by atoms with Crippen LogP contribution in [-0.4, -0.2) is 38.4 Å². The minimum absolute atomic E-state index is 0.0929. The van der Waals surface area contributed by atoms with Gasteiger partial charge in [0.2, 0.25) is 10.0 Å². The van der Waals surface area contributed by atoms with Crippen molar-refractivity contribution in [3.8, 4) is 0 Å². The summed E-state index contributed by atoms with van der Waals surface area (Å²) >= 11 is 5.69. The molecule has 1 aliphatic heterocycles. The highest BCUT2D eigenvalue weighted by molar-refractivity contribution is 7.89. The zero-order valence-corrected chi connectivity index (χ0v) is 12.8. The number of nitrogens with one attached hydrogen (secondary N) is 1. The Bertz CT molecular complexity index is 574. The molecule has 2 rings (SSSR count). The molecular formula is C13H18ClFN2O2S. The monoisotopic (exact) mass is 320 g/mol. The zero-order valence-electron chi connectivity index (χ0n) is 11.3. The number of halogens is 2. The Kier molecular flexibility index (Phi) is 5.01. The minimum atomic E-state index is -3.86. The molecule has 0 aromatic heterocycles. The molecule has 0 saturated carbocycles. The number of hydrogen-bond acceptors (Lipinski definition) is 3. The van der Waals surface area contributed by atoms with Crippen LogP contribution >= 0.6 is 11.6 Å². The number of piperidine rings is 1. The Balaban J connectivity index is 2.38. The average Bonchev–Trinajstić information content (AvgIpc) is 2.43. The normalized spacial score (nSPS) is 17.6. The average molecular weight is 321 g/mol. The van der Waals surface area contributed by atoms with E-state index in [9.17, 15) is 12.8 Å². The predicted octanol–water partition coefficient (Wildman–Crippen LogP) is 2.24. The van der Waals surface area contributed by atoms with Crippen LogP contribution in [0.4, 0.5) is 4.39 Å². The summed E-state index contributed by atoms with van der Waals surface area (Å²) in [4.78, 5) is -0.342. The van der Waals surface area contributed by atoms with E-state index in [1.165, 1.54) is 22.5 Å². The smallest absolute Gasteiger partial charge is 0.246 e. The second-order valence-corrected chi connectivity index (χ2v) is 7.01. The summed E-state index contributed by atoms with van der Waals surface area (Å²) in [5.74, 6) is -0.874. The summed E-state index contributed by atoms with van der Waals surface area (Å²) in [5, 5.41) is 3.02. The van der Waals surface area contributed by atoms with Crippen molar-refractivity contribution in [2.75, 3.05) is 19.6 Å². The quantitative estimate of drug-likeness (QED) is 0.925. The first-order chi connectivity index (χ1) is 9.48. The van der Waals surface area contributed by atoms with Gasteiger partial charge in [-0.2, -0.15) is 4.31 Å². The molecule has 1 fully saturated rings. The Morgan fingerprint density at radius 1 is 1.40 bits per heavy atom. The highest BCUT2D eigenvalue weighted by Crippen LogP contribution is 2.27. The van der Waals surface area contributed by atoms with Gasteiger partial charge in [-0.15, -0.1) is 0 Å². The molecule has 1 saturated heterocycles. The second-order valence-electron chi connectivity index (χ2n) is 4.74. The van der Waals surface area contributed by atoms with Crippen LogP contribution in [-0.2, 0) is 10.0 Å². The van der Waals surface area contributed by atoms with Gasteiger partial charge in [0.25, 0.3) is 0 Å². The molecule has 1 N–H and O–H groups in total. The lowest BCUT2D eigenvalue weighted by Gasteiger charge is -2.33. The zero-order chi connectivity index (χ0) is 14.8. The Morgan fingerprint density at radius 2 is 2.05 bits per heavy atom. The molecule has 1 aromatic carbocycles. The first-order valence-corrected chi connectivity index (χ1v) is 8.47. The van der Waals surface area contributed by atoms with E-state index in [2.05, 4.69) is 5.32 Å². The van der Waals surface area contributed by atoms with Crippen molar-refractivity contribution in [3.05, 3.63) is 29.0 Å². The van der Waals surface area contributed by atoms with E-state index in [1.54, 1.807) is 6.92 Å². The molecule has 1 aliphatic rings. The van der Waals surface area contributed by atoms with E-state index in [0.29, 0.717) is 6.54 Å². The molecule has 0 bridgehead atoms. The van der Waals surface area contributed by atoms with Gasteiger partial charge in [-0.1, -0.05) is 24.6 Å². The summed E-state index contributed by atoms with van der Waals surface area (Å²) in [7, 11) is -3.86. The van der Waals surface area contributed by atoms with Crippen molar-refractivity contribution >= 4 is 21.6 Å². The van der Waals surface area contributed by atoms with Crippen molar-refractivity contribution in [1.82, 2.24) is 9.62 Å². The van der Waals surface area contributed by atoms with Gasteiger partial charge in [0.15, 0.2) is 5.82 Å². The summed E-state index contributed by atoms with van der Waals surface area (Å²) in [6, 6.07) is 3.97. The van der Waals surface area contributed by atoms with Crippen LogP contribution in [0, 0.1) is 5.82 Å². The van der Waals surface area contributed by atoms with E-state index in [0.717, 1.165) is 25.9 Å². The van der Waals surface area contributed by atoms with Crippen LogP contribution in [0.5, 0.6) is 0 Å². The van der Waals surface area contributed by atoms with Crippen LogP contribution in [0.15, 0.2) is 23.1 Å². The first-order valence-electron chi connectivity index (χ1n) is 6.65. The second kappa shape index (κ2) is 6.39. The van der Waals surface area contributed by atoms with Crippen LogP contribution in [0.2, 0.25) is 5.02 Å². The third-order valence-corrected chi connectivity index (χ3v) is 5.87. The highest BCUT2D eigenvalue weighted by Gasteiger charge is 2.33. The molecule has 1 aromatic rings. The molecule has 112 valence electrons. The number of nitrogens with zero attached hydrogens (tertiary/aromatic N) is 1. The summed E-state index contributed by atoms with van der Waals surface area (Å²) < 4.78 is 40.7. The van der Waals surface area contributed by atoms with Crippen molar-refractivity contribution in [2.24, 2.45) is 0 Å². The lowest BCUT2D eigenvalue weighted by molar-refractivity contribution is 0.270. The molecule has 1 heterocycles. The topological polar surface area (TPSA) is 49.4 Å². The third kappa shape index (κ3) is 2.98. The van der Waals surface area contributed by atoms with E-state index in [1.807, 2.05) is 0 Å². The fraction of sp³-hybridized carbons (Fsp3) is 0.538. The fourth-order valence-electron chi connectivity index (χ4n) is 2.53. The Labute approximate surface area is 124 Å². The maximum Gasteiger partial charge on any atom is 0.246 e. The van der Waals surface area contributed by atoms with E-state index in [-0.39, 0.29) is 16.0 Å². The SMILES string of the molecule is CCN(C1CCNCC1)S(=O)(=O)c1cccc(Cl)c1F. The fourth-order valence-corrected chi connectivity index (χ4v) is 4.54. The van der Waals surface area contributed by atoms with Gasteiger partial charge in [0.05, 0.1) is 5.02 Å². The van der Waals surface area contributed by atoms with Crippen molar-refractivity contribution < 1.29 is 12.8 Å². The van der Waals surface area contributed by atoms with Gasteiger partial charge in [-0.05, 0) is 38.1 Å². The molecule has 20 heavy (non-hydrogen) atoms. The molecule has 0 radical (unpaired) electrons. The van der Waals surface area contributed by atoms with Crippen LogP contribution < -0.4 is 5.32 Å². The van der Waals surface area contributed by atoms with Crippen LogP contribution in [0.25, 0.3) is 0 Å². The molecule has 0 amide bonds. The van der Waals surface area contributed by atoms with Gasteiger partial charge in [0, 0.05) is 12.6 Å². The van der Waals surface area contributed by atoms with Crippen molar-refractivity contribution in [3.63, 3.8) is 0 Å². The largest absolute Gasteiger partial charge is 0.317 e. The van der Waals surface area contributed by atoms with Crippen LogP contribution in [0.3, 0.4) is 0 Å². The lowest BCUT2D eigenvalue weighted by atomic mass is 10.1. The maximum atomic E-state index is 14.0. The number of benzene rings is 1. The van der Waals surface area contributed by atoms with Crippen molar-refractivity contribution in [2.45, 2.75) is 30.7 Å². The molecule has 4 nitrogen and oxygen atoms in total. The molecular weight excluding hydrogens is 303 g/mol. The van der Waals surface area contributed by atoms with Crippen LogP contribution in [0.1, 0.15) is 19.8 Å². The Morgan fingerprint density at radius 3 is 2.65 bits per heavy atom. The predicted molar refractivity (Wildman–Crippen MR) is 76.9 cm³/mol. The lowest BCUT2D eigenvalue weighted by Crippen LogP contribution is -2.46. The molecule has 0 atom stereocenters. The van der Waals surface area contributed by atoms with Gasteiger partial charge < -0.3 is 5.32 Å². The van der Waals surface area contributed by atoms with Gasteiger partial charge in [-0.25, -0.2) is 12.8 Å². The third-order valence-electron chi connectivity index (χ3n) is 3.53. The molecule has 0 unspecified atom stereocenters. The molecule has 0 aliphatic carbocycles. The van der Waals surface area contributed by atoms with Gasteiger partial charge in [-0.3, -0.25) is 0 Å². The minimum Gasteiger partial charge on any atom is -0.317 e. The van der Waals surface area contributed by atoms with E-state index < -0.39 is 15.8 Å². The molecule has 0 spiro atoms. The summed E-state index contributed by atoms with van der Waals surface area (Å²) in [6.07, 6.45) is 1.46. The maximum absolute atomic E-state index is 14.0. The number of hydrogen-bond donors (Lipinski definition) is 1. The first kappa shape index (κ1) is 15.7. The number of rotatable bonds is 4. The van der Waals surface area contributed by atoms with Crippen molar-refractivity contribution in [1.29, 1.82) is 0 Å². The summed E-state index contributed by atoms with van der Waals surface area (Å²) in [5.41, 5.74) is 0. The van der Waals surface area contributed by atoms with Gasteiger partial charge in [0.1, 0.15) is 4.90 Å².